The second kappa shape index (κ2) is 5.30. The molecule has 2 fully saturated rings. The first kappa shape index (κ1) is 14.9. The number of aromatic nitrogens is 1. The van der Waals surface area contributed by atoms with Crippen molar-refractivity contribution in [3.05, 3.63) is 23.0 Å². The van der Waals surface area contributed by atoms with Gasteiger partial charge in [0, 0.05) is 25.3 Å². The van der Waals surface area contributed by atoms with E-state index < -0.39 is 5.60 Å². The molecule has 2 aliphatic rings. The third-order valence-corrected chi connectivity index (χ3v) is 4.15. The van der Waals surface area contributed by atoms with Gasteiger partial charge in [0.15, 0.2) is 0 Å². The van der Waals surface area contributed by atoms with Crippen LogP contribution < -0.4 is 0 Å². The van der Waals surface area contributed by atoms with Crippen LogP contribution in [-0.4, -0.2) is 51.9 Å². The Morgan fingerprint density at radius 3 is 2.86 bits per heavy atom. The molecule has 1 atom stereocenters. The standard InChI is InChI=1S/C15H21ClN2O3/c1-15(2)9-17(7-12(8-19)21-15)14(20)13-5-10(16)6-18(13)11-3-4-11/h5-6,11-12,19H,3-4,7-9H2,1-2H3. The minimum atomic E-state index is -0.456. The number of ether oxygens (including phenoxy) is 1. The lowest BCUT2D eigenvalue weighted by Crippen LogP contribution is -2.55. The predicted octanol–water partition coefficient (Wildman–Crippen LogP) is 2.09. The Kier molecular flexibility index (Phi) is 3.76. The SMILES string of the molecule is CC1(C)CN(C(=O)c2cc(Cl)cn2C2CC2)CC(CO)O1. The number of halogens is 1. The van der Waals surface area contributed by atoms with Crippen molar-refractivity contribution in [3.8, 4) is 0 Å². The quantitative estimate of drug-likeness (QED) is 0.930. The van der Waals surface area contributed by atoms with Gasteiger partial charge in [0.25, 0.3) is 5.91 Å². The number of rotatable bonds is 3. The minimum Gasteiger partial charge on any atom is -0.394 e. The summed E-state index contributed by atoms with van der Waals surface area (Å²) in [6, 6.07) is 2.14. The predicted molar refractivity (Wildman–Crippen MR) is 79.7 cm³/mol. The maximum absolute atomic E-state index is 12.8. The Morgan fingerprint density at radius 2 is 2.24 bits per heavy atom. The van der Waals surface area contributed by atoms with Crippen molar-refractivity contribution in [2.75, 3.05) is 19.7 Å². The van der Waals surface area contributed by atoms with Crippen LogP contribution >= 0.6 is 11.6 Å². The highest BCUT2D eigenvalue weighted by Gasteiger charge is 2.37. The number of hydrogen-bond donors (Lipinski definition) is 1. The maximum Gasteiger partial charge on any atom is 0.270 e. The zero-order valence-electron chi connectivity index (χ0n) is 12.4. The molecule has 1 saturated carbocycles. The highest BCUT2D eigenvalue weighted by Crippen LogP contribution is 2.38. The minimum absolute atomic E-state index is 0.0383. The molecule has 5 nitrogen and oxygen atoms in total. The van der Waals surface area contributed by atoms with E-state index in [9.17, 15) is 9.90 Å². The summed E-state index contributed by atoms with van der Waals surface area (Å²) in [6.07, 6.45) is 3.69. The largest absolute Gasteiger partial charge is 0.394 e. The molecule has 0 aromatic carbocycles. The molecule has 1 N–H and O–H groups in total. The van der Waals surface area contributed by atoms with Crippen LogP contribution in [0.3, 0.4) is 0 Å². The van der Waals surface area contributed by atoms with Gasteiger partial charge in [-0.25, -0.2) is 0 Å². The fraction of sp³-hybridized carbons (Fsp3) is 0.667. The van der Waals surface area contributed by atoms with Crippen LogP contribution in [0, 0.1) is 0 Å². The van der Waals surface area contributed by atoms with Gasteiger partial charge < -0.3 is 19.3 Å². The molecule has 1 saturated heterocycles. The number of carbonyl (C=O) groups excluding carboxylic acids is 1. The Bertz CT molecular complexity index is 551. The maximum atomic E-state index is 12.8. The molecule has 21 heavy (non-hydrogen) atoms. The summed E-state index contributed by atoms with van der Waals surface area (Å²) in [5.74, 6) is -0.0383. The molecule has 1 amide bonds. The first-order valence-electron chi connectivity index (χ1n) is 7.35. The third kappa shape index (κ3) is 3.10. The molecule has 116 valence electrons. The monoisotopic (exact) mass is 312 g/mol. The second-order valence-electron chi connectivity index (χ2n) is 6.55. The Morgan fingerprint density at radius 1 is 1.52 bits per heavy atom. The summed E-state index contributed by atoms with van der Waals surface area (Å²) in [7, 11) is 0. The molecular formula is C15H21ClN2O3. The number of nitrogens with zero attached hydrogens (tertiary/aromatic N) is 2. The van der Waals surface area contributed by atoms with Crippen molar-refractivity contribution >= 4 is 17.5 Å². The van der Waals surface area contributed by atoms with Crippen LogP contribution in [0.15, 0.2) is 12.3 Å². The lowest BCUT2D eigenvalue weighted by atomic mass is 10.0. The number of aliphatic hydroxyl groups excluding tert-OH is 1. The van der Waals surface area contributed by atoms with Crippen LogP contribution in [0.4, 0.5) is 0 Å². The smallest absolute Gasteiger partial charge is 0.270 e. The van der Waals surface area contributed by atoms with Crippen molar-refractivity contribution in [2.24, 2.45) is 0 Å². The summed E-state index contributed by atoms with van der Waals surface area (Å²) < 4.78 is 7.74. The summed E-state index contributed by atoms with van der Waals surface area (Å²) in [5, 5.41) is 9.95. The number of amides is 1. The average molecular weight is 313 g/mol. The summed E-state index contributed by atoms with van der Waals surface area (Å²) in [6.45, 7) is 4.70. The third-order valence-electron chi connectivity index (χ3n) is 3.95. The number of hydrogen-bond acceptors (Lipinski definition) is 3. The van der Waals surface area contributed by atoms with E-state index >= 15 is 0 Å². The van der Waals surface area contributed by atoms with E-state index in [2.05, 4.69) is 0 Å². The average Bonchev–Trinajstić information content (AvgIpc) is 3.19. The van der Waals surface area contributed by atoms with Gasteiger partial charge in [-0.15, -0.1) is 0 Å². The van der Waals surface area contributed by atoms with Crippen molar-refractivity contribution in [1.29, 1.82) is 0 Å². The molecule has 1 aromatic rings. The molecule has 1 aromatic heterocycles. The highest BCUT2D eigenvalue weighted by molar-refractivity contribution is 6.31. The highest BCUT2D eigenvalue weighted by atomic mass is 35.5. The molecular weight excluding hydrogens is 292 g/mol. The van der Waals surface area contributed by atoms with Gasteiger partial charge in [-0.05, 0) is 32.8 Å². The summed E-state index contributed by atoms with van der Waals surface area (Å²) in [4.78, 5) is 14.6. The van der Waals surface area contributed by atoms with Crippen LogP contribution in [0.1, 0.15) is 43.2 Å². The van der Waals surface area contributed by atoms with E-state index in [1.165, 1.54) is 0 Å². The topological polar surface area (TPSA) is 54.7 Å². The van der Waals surface area contributed by atoms with Crippen molar-refractivity contribution in [2.45, 2.75) is 44.4 Å². The fourth-order valence-corrected chi connectivity index (χ4v) is 3.19. The molecule has 2 heterocycles. The number of carbonyl (C=O) groups is 1. The lowest BCUT2D eigenvalue weighted by Gasteiger charge is -2.42. The summed E-state index contributed by atoms with van der Waals surface area (Å²) in [5.41, 5.74) is 0.180. The lowest BCUT2D eigenvalue weighted by molar-refractivity contribution is -0.139. The molecule has 0 spiro atoms. The molecule has 0 radical (unpaired) electrons. The molecule has 1 aliphatic carbocycles. The van der Waals surface area contributed by atoms with Crippen LogP contribution in [0.5, 0.6) is 0 Å². The molecule has 3 rings (SSSR count). The van der Waals surface area contributed by atoms with Gasteiger partial charge in [0.05, 0.1) is 23.3 Å². The van der Waals surface area contributed by atoms with Gasteiger partial charge in [-0.1, -0.05) is 11.6 Å². The van der Waals surface area contributed by atoms with E-state index in [4.69, 9.17) is 16.3 Å². The first-order chi connectivity index (χ1) is 9.89. The van der Waals surface area contributed by atoms with Crippen molar-refractivity contribution in [3.63, 3.8) is 0 Å². The molecule has 1 unspecified atom stereocenters. The van der Waals surface area contributed by atoms with E-state index in [0.29, 0.717) is 29.8 Å². The Hall–Kier alpha value is -1.04. The molecule has 6 heteroatoms. The zero-order valence-corrected chi connectivity index (χ0v) is 13.1. The Labute approximate surface area is 129 Å². The normalized spacial score (nSPS) is 25.1. The zero-order chi connectivity index (χ0) is 15.2. The van der Waals surface area contributed by atoms with E-state index in [1.807, 2.05) is 24.6 Å². The van der Waals surface area contributed by atoms with Crippen molar-refractivity contribution in [1.82, 2.24) is 9.47 Å². The van der Waals surface area contributed by atoms with E-state index in [-0.39, 0.29) is 18.6 Å². The van der Waals surface area contributed by atoms with Gasteiger partial charge in [0.1, 0.15) is 5.69 Å². The number of aliphatic hydroxyl groups is 1. The Balaban J connectivity index is 1.84. The fourth-order valence-electron chi connectivity index (χ4n) is 2.98. The van der Waals surface area contributed by atoms with Gasteiger partial charge in [0.2, 0.25) is 0 Å². The molecule has 1 aliphatic heterocycles. The van der Waals surface area contributed by atoms with Crippen LogP contribution in [0.2, 0.25) is 5.02 Å². The van der Waals surface area contributed by atoms with E-state index in [0.717, 1.165) is 12.8 Å². The van der Waals surface area contributed by atoms with Gasteiger partial charge >= 0.3 is 0 Å². The second-order valence-corrected chi connectivity index (χ2v) is 6.99. The molecule has 0 bridgehead atoms. The van der Waals surface area contributed by atoms with Crippen LogP contribution in [0.25, 0.3) is 0 Å². The van der Waals surface area contributed by atoms with Crippen LogP contribution in [-0.2, 0) is 4.74 Å². The first-order valence-corrected chi connectivity index (χ1v) is 7.73. The van der Waals surface area contributed by atoms with Gasteiger partial charge in [-0.3, -0.25) is 4.79 Å². The summed E-state index contributed by atoms with van der Waals surface area (Å²) >= 11 is 6.08. The van der Waals surface area contributed by atoms with E-state index in [1.54, 1.807) is 11.0 Å². The number of morpholine rings is 1. The van der Waals surface area contributed by atoms with Crippen molar-refractivity contribution < 1.29 is 14.6 Å². The van der Waals surface area contributed by atoms with Gasteiger partial charge in [-0.2, -0.15) is 0 Å².